The summed E-state index contributed by atoms with van der Waals surface area (Å²) >= 11 is 6.23. The molecule has 0 fully saturated rings. The van der Waals surface area contributed by atoms with Gasteiger partial charge in [-0.1, -0.05) is 54.1 Å². The molecule has 1 atom stereocenters. The van der Waals surface area contributed by atoms with E-state index in [0.717, 1.165) is 16.7 Å². The van der Waals surface area contributed by atoms with Crippen LogP contribution in [-0.2, 0) is 14.8 Å². The molecule has 0 bridgehead atoms. The average Bonchev–Trinajstić information content (AvgIpc) is 2.76. The minimum absolute atomic E-state index is 0.0115. The fraction of sp³-hybridized carbons (Fsp3) is 0.208. The number of nitrogens with one attached hydrogen (secondary N) is 2. The van der Waals surface area contributed by atoms with E-state index in [1.54, 1.807) is 6.92 Å². The minimum Gasteiger partial charge on any atom is -0.482 e. The van der Waals surface area contributed by atoms with Gasteiger partial charge in [0, 0.05) is 11.7 Å². The number of hydrogen-bond acceptors (Lipinski definition) is 4. The van der Waals surface area contributed by atoms with Gasteiger partial charge in [0.15, 0.2) is 6.61 Å². The van der Waals surface area contributed by atoms with Gasteiger partial charge in [-0.2, -0.15) is 0 Å². The zero-order chi connectivity index (χ0) is 23.3. The van der Waals surface area contributed by atoms with Crippen molar-refractivity contribution in [1.82, 2.24) is 4.72 Å². The smallest absolute Gasteiger partial charge is 0.262 e. The van der Waals surface area contributed by atoms with Gasteiger partial charge in [0.25, 0.3) is 5.91 Å². The summed E-state index contributed by atoms with van der Waals surface area (Å²) in [6.45, 7) is 5.39. The third-order valence-corrected chi connectivity index (χ3v) is 6.92. The van der Waals surface area contributed by atoms with Crippen LogP contribution in [0.5, 0.6) is 5.75 Å². The van der Waals surface area contributed by atoms with Gasteiger partial charge in [-0.25, -0.2) is 13.1 Å². The Labute approximate surface area is 193 Å². The highest BCUT2D eigenvalue weighted by Crippen LogP contribution is 2.28. The van der Waals surface area contributed by atoms with Crippen molar-refractivity contribution in [1.29, 1.82) is 0 Å². The number of anilines is 1. The number of amides is 1. The third-order valence-electron chi connectivity index (χ3n) is 5.08. The lowest BCUT2D eigenvalue weighted by molar-refractivity contribution is -0.118. The molecule has 0 aliphatic rings. The van der Waals surface area contributed by atoms with Crippen molar-refractivity contribution < 1.29 is 17.9 Å². The zero-order valence-corrected chi connectivity index (χ0v) is 19.6. The number of halogens is 1. The lowest BCUT2D eigenvalue weighted by Gasteiger charge is -2.15. The third kappa shape index (κ3) is 5.88. The Hall–Kier alpha value is -2.87. The van der Waals surface area contributed by atoms with Crippen LogP contribution in [0.1, 0.15) is 29.7 Å². The molecular weight excluding hydrogens is 448 g/mol. The first-order valence-corrected chi connectivity index (χ1v) is 11.9. The second-order valence-electron chi connectivity index (χ2n) is 7.43. The van der Waals surface area contributed by atoms with E-state index in [1.165, 1.54) is 18.2 Å². The number of ether oxygens (including phenoxy) is 1. The summed E-state index contributed by atoms with van der Waals surface area (Å²) in [6.07, 6.45) is 0. The second kappa shape index (κ2) is 10.2. The van der Waals surface area contributed by atoms with Crippen molar-refractivity contribution in [3.8, 4) is 5.75 Å². The van der Waals surface area contributed by atoms with E-state index >= 15 is 0 Å². The first kappa shape index (κ1) is 23.8. The summed E-state index contributed by atoms with van der Waals surface area (Å²) in [6, 6.07) is 18.6. The maximum absolute atomic E-state index is 12.7. The average molecular weight is 473 g/mol. The van der Waals surface area contributed by atoms with Crippen LogP contribution in [0.4, 0.5) is 5.69 Å². The van der Waals surface area contributed by atoms with Crippen molar-refractivity contribution in [2.24, 2.45) is 0 Å². The van der Waals surface area contributed by atoms with Crippen LogP contribution >= 0.6 is 11.6 Å². The fourth-order valence-corrected chi connectivity index (χ4v) is 4.65. The van der Waals surface area contributed by atoms with Gasteiger partial charge in [-0.3, -0.25) is 4.79 Å². The summed E-state index contributed by atoms with van der Waals surface area (Å²) in [5.74, 6) is -0.123. The standard InChI is InChI=1S/C24H25ClN2O4S/c1-16-8-7-11-22(17(16)2)26-24(28)15-31-23-13-12-20(14-21(23)25)32(29,30)27-18(3)19-9-5-4-6-10-19/h4-14,18,27H,15H2,1-3H3,(H,26,28). The maximum atomic E-state index is 12.7. The molecule has 0 aliphatic heterocycles. The SMILES string of the molecule is Cc1cccc(NC(=O)COc2ccc(S(=O)(=O)NC(C)c3ccccc3)cc2Cl)c1C. The lowest BCUT2D eigenvalue weighted by atomic mass is 10.1. The topological polar surface area (TPSA) is 84.5 Å². The lowest BCUT2D eigenvalue weighted by Crippen LogP contribution is -2.27. The molecule has 0 aliphatic carbocycles. The Morgan fingerprint density at radius 3 is 2.44 bits per heavy atom. The molecule has 32 heavy (non-hydrogen) atoms. The molecule has 3 aromatic carbocycles. The number of hydrogen-bond donors (Lipinski definition) is 2. The summed E-state index contributed by atoms with van der Waals surface area (Å²) < 4.78 is 33.6. The number of rotatable bonds is 8. The van der Waals surface area contributed by atoms with Gasteiger partial charge in [0.2, 0.25) is 10.0 Å². The monoisotopic (exact) mass is 472 g/mol. The summed E-state index contributed by atoms with van der Waals surface area (Å²) in [5.41, 5.74) is 3.60. The molecule has 0 aromatic heterocycles. The molecule has 0 heterocycles. The molecule has 3 rings (SSSR count). The van der Waals surface area contributed by atoms with Crippen molar-refractivity contribution in [3.63, 3.8) is 0 Å². The zero-order valence-electron chi connectivity index (χ0n) is 18.1. The maximum Gasteiger partial charge on any atom is 0.262 e. The molecule has 1 unspecified atom stereocenters. The van der Waals surface area contributed by atoms with Gasteiger partial charge < -0.3 is 10.1 Å². The summed E-state index contributed by atoms with van der Waals surface area (Å²) in [5, 5.41) is 2.90. The van der Waals surface area contributed by atoms with Gasteiger partial charge in [0.1, 0.15) is 5.75 Å². The van der Waals surface area contributed by atoms with Crippen molar-refractivity contribution in [3.05, 3.63) is 88.4 Å². The van der Waals surface area contributed by atoms with Gasteiger partial charge in [-0.05, 0) is 61.7 Å². The van der Waals surface area contributed by atoms with Gasteiger partial charge in [-0.15, -0.1) is 0 Å². The Balaban J connectivity index is 1.64. The molecule has 0 saturated heterocycles. The molecule has 8 heteroatoms. The highest BCUT2D eigenvalue weighted by molar-refractivity contribution is 7.89. The van der Waals surface area contributed by atoms with Crippen molar-refractivity contribution in [2.75, 3.05) is 11.9 Å². The van der Waals surface area contributed by atoms with Crippen LogP contribution in [-0.4, -0.2) is 20.9 Å². The number of benzene rings is 3. The second-order valence-corrected chi connectivity index (χ2v) is 9.55. The number of aryl methyl sites for hydroxylation is 1. The van der Waals surface area contributed by atoms with Crippen molar-refractivity contribution >= 4 is 33.2 Å². The van der Waals surface area contributed by atoms with E-state index in [2.05, 4.69) is 10.0 Å². The highest BCUT2D eigenvalue weighted by Gasteiger charge is 2.20. The number of carbonyl (C=O) groups excluding carboxylic acids is 1. The van der Waals surface area contributed by atoms with Crippen LogP contribution in [0.3, 0.4) is 0 Å². The largest absolute Gasteiger partial charge is 0.482 e. The van der Waals surface area contributed by atoms with E-state index in [1.807, 2.05) is 62.4 Å². The van der Waals surface area contributed by atoms with Gasteiger partial charge in [0.05, 0.1) is 9.92 Å². The van der Waals surface area contributed by atoms with E-state index in [9.17, 15) is 13.2 Å². The minimum atomic E-state index is -3.80. The van der Waals surface area contributed by atoms with Crippen LogP contribution in [0, 0.1) is 13.8 Å². The molecule has 3 aromatic rings. The fourth-order valence-electron chi connectivity index (χ4n) is 3.09. The predicted molar refractivity (Wildman–Crippen MR) is 127 cm³/mol. The highest BCUT2D eigenvalue weighted by atomic mass is 35.5. The van der Waals surface area contributed by atoms with Gasteiger partial charge >= 0.3 is 0 Å². The number of sulfonamides is 1. The van der Waals surface area contributed by atoms with Crippen LogP contribution < -0.4 is 14.8 Å². The Bertz CT molecular complexity index is 1210. The molecule has 0 saturated carbocycles. The first-order valence-electron chi connectivity index (χ1n) is 10.0. The Morgan fingerprint density at radius 1 is 1.03 bits per heavy atom. The molecule has 168 valence electrons. The van der Waals surface area contributed by atoms with Crippen LogP contribution in [0.2, 0.25) is 5.02 Å². The van der Waals surface area contributed by atoms with E-state index in [-0.39, 0.29) is 28.2 Å². The van der Waals surface area contributed by atoms with Crippen molar-refractivity contribution in [2.45, 2.75) is 31.7 Å². The Morgan fingerprint density at radius 2 is 1.75 bits per heavy atom. The van der Waals surface area contributed by atoms with Crippen LogP contribution in [0.25, 0.3) is 0 Å². The molecule has 1 amide bonds. The first-order chi connectivity index (χ1) is 15.2. The normalized spacial score (nSPS) is 12.2. The van der Waals surface area contributed by atoms with E-state index in [0.29, 0.717) is 5.69 Å². The molecule has 6 nitrogen and oxygen atoms in total. The predicted octanol–water partition coefficient (Wildman–Crippen LogP) is 5.01. The van der Waals surface area contributed by atoms with Crippen LogP contribution in [0.15, 0.2) is 71.6 Å². The Kier molecular flexibility index (Phi) is 7.56. The number of carbonyl (C=O) groups is 1. The molecule has 0 spiro atoms. The molecular formula is C24H25ClN2O4S. The quantitative estimate of drug-likeness (QED) is 0.482. The molecule has 0 radical (unpaired) electrons. The van der Waals surface area contributed by atoms with E-state index in [4.69, 9.17) is 16.3 Å². The van der Waals surface area contributed by atoms with E-state index < -0.39 is 16.1 Å². The molecule has 2 N–H and O–H groups in total. The summed E-state index contributed by atoms with van der Waals surface area (Å²) in [7, 11) is -3.80. The summed E-state index contributed by atoms with van der Waals surface area (Å²) in [4.78, 5) is 12.3.